The van der Waals surface area contributed by atoms with Gasteiger partial charge in [-0.25, -0.2) is 4.98 Å². The molecular weight excluding hydrogens is 184 g/mol. The molecule has 0 N–H and O–H groups in total. The van der Waals surface area contributed by atoms with E-state index in [4.69, 9.17) is 0 Å². The van der Waals surface area contributed by atoms with Crippen molar-refractivity contribution >= 4 is 22.8 Å². The van der Waals surface area contributed by atoms with Crippen LogP contribution in [0.3, 0.4) is 0 Å². The highest BCUT2D eigenvalue weighted by Crippen LogP contribution is 2.31. The zero-order chi connectivity index (χ0) is 9.26. The van der Waals surface area contributed by atoms with Crippen LogP contribution in [-0.4, -0.2) is 24.9 Å². The van der Waals surface area contributed by atoms with E-state index in [1.807, 2.05) is 7.05 Å². The summed E-state index contributed by atoms with van der Waals surface area (Å²) in [5, 5.41) is 0.953. The number of carbonyl (C=O) groups excluding carboxylic acids is 1. The molecular formula is C9H12N2OS. The lowest BCUT2D eigenvalue weighted by molar-refractivity contribution is 0.112. The van der Waals surface area contributed by atoms with Crippen molar-refractivity contribution in [3.63, 3.8) is 0 Å². The Labute approximate surface area is 81.4 Å². The Morgan fingerprint density at radius 3 is 3.08 bits per heavy atom. The van der Waals surface area contributed by atoms with Crippen molar-refractivity contribution < 1.29 is 4.79 Å². The van der Waals surface area contributed by atoms with E-state index in [1.165, 1.54) is 24.2 Å². The molecule has 1 aliphatic carbocycles. The number of hydrogen-bond acceptors (Lipinski definition) is 4. The molecule has 1 aliphatic rings. The molecule has 4 heteroatoms. The Balaban J connectivity index is 2.00. The highest BCUT2D eigenvalue weighted by atomic mass is 32.1. The summed E-state index contributed by atoms with van der Waals surface area (Å²) >= 11 is 1.46. The smallest absolute Gasteiger partial charge is 0.185 e. The molecule has 1 aromatic heterocycles. The number of hydrogen-bond donors (Lipinski definition) is 0. The van der Waals surface area contributed by atoms with Crippen LogP contribution >= 0.6 is 11.3 Å². The molecule has 1 aromatic rings. The molecule has 1 saturated carbocycles. The fraction of sp³-hybridized carbons (Fsp3) is 0.556. The van der Waals surface area contributed by atoms with Gasteiger partial charge in [0.15, 0.2) is 11.4 Å². The summed E-state index contributed by atoms with van der Waals surface area (Å²) in [5.41, 5.74) is 0. The summed E-state index contributed by atoms with van der Waals surface area (Å²) in [4.78, 5) is 17.5. The number of carbonyl (C=O) groups is 1. The van der Waals surface area contributed by atoms with Crippen molar-refractivity contribution in [1.82, 2.24) is 4.98 Å². The third kappa shape index (κ3) is 2.06. The fourth-order valence-electron chi connectivity index (χ4n) is 1.27. The number of nitrogens with zero attached hydrogens (tertiary/aromatic N) is 2. The van der Waals surface area contributed by atoms with Gasteiger partial charge < -0.3 is 4.90 Å². The van der Waals surface area contributed by atoms with Crippen molar-refractivity contribution in [1.29, 1.82) is 0 Å². The maximum atomic E-state index is 10.4. The van der Waals surface area contributed by atoms with Crippen LogP contribution in [0.4, 0.5) is 5.13 Å². The van der Waals surface area contributed by atoms with E-state index in [0.717, 1.165) is 23.9 Å². The Kier molecular flexibility index (Phi) is 2.31. The third-order valence-corrected chi connectivity index (χ3v) is 3.22. The third-order valence-electron chi connectivity index (χ3n) is 2.18. The van der Waals surface area contributed by atoms with Gasteiger partial charge in [-0.3, -0.25) is 4.79 Å². The molecule has 0 atom stereocenters. The van der Waals surface area contributed by atoms with Crippen LogP contribution in [0.2, 0.25) is 0 Å². The molecule has 0 unspecified atom stereocenters. The molecule has 1 heterocycles. The first-order valence-electron chi connectivity index (χ1n) is 4.41. The maximum Gasteiger partial charge on any atom is 0.185 e. The summed E-state index contributed by atoms with van der Waals surface area (Å²) in [6.07, 6.45) is 5.18. The Morgan fingerprint density at radius 1 is 1.77 bits per heavy atom. The molecule has 0 aliphatic heterocycles. The minimum Gasteiger partial charge on any atom is -0.351 e. The molecule has 0 saturated heterocycles. The Hall–Kier alpha value is -0.900. The average molecular weight is 196 g/mol. The van der Waals surface area contributed by atoms with Gasteiger partial charge in [0.2, 0.25) is 0 Å². The molecule has 0 radical (unpaired) electrons. The first kappa shape index (κ1) is 8.69. The first-order chi connectivity index (χ1) is 6.29. The molecule has 0 amide bonds. The van der Waals surface area contributed by atoms with Crippen LogP contribution in [0.1, 0.15) is 22.5 Å². The number of aromatic nitrogens is 1. The van der Waals surface area contributed by atoms with Gasteiger partial charge in [-0.15, -0.1) is 0 Å². The lowest BCUT2D eigenvalue weighted by Crippen LogP contribution is -2.19. The highest BCUT2D eigenvalue weighted by Gasteiger charge is 2.23. The van der Waals surface area contributed by atoms with Crippen LogP contribution in [-0.2, 0) is 0 Å². The molecule has 70 valence electrons. The second-order valence-electron chi connectivity index (χ2n) is 3.49. The SMILES string of the molecule is CN(CC1CC1)c1ncc(C=O)s1. The van der Waals surface area contributed by atoms with Crippen LogP contribution in [0.5, 0.6) is 0 Å². The van der Waals surface area contributed by atoms with Gasteiger partial charge in [-0.05, 0) is 18.8 Å². The van der Waals surface area contributed by atoms with Crippen LogP contribution < -0.4 is 4.90 Å². The molecule has 0 aromatic carbocycles. The van der Waals surface area contributed by atoms with Crippen molar-refractivity contribution in [3.05, 3.63) is 11.1 Å². The lowest BCUT2D eigenvalue weighted by Gasteiger charge is -2.14. The minimum atomic E-state index is 0.706. The van der Waals surface area contributed by atoms with Gasteiger partial charge in [0.1, 0.15) is 0 Å². The molecule has 0 spiro atoms. The van der Waals surface area contributed by atoms with E-state index in [1.54, 1.807) is 6.20 Å². The van der Waals surface area contributed by atoms with Gasteiger partial charge in [0.05, 0.1) is 11.1 Å². The largest absolute Gasteiger partial charge is 0.351 e. The Bertz CT molecular complexity index is 306. The summed E-state index contributed by atoms with van der Waals surface area (Å²) in [6, 6.07) is 0. The van der Waals surface area contributed by atoms with Gasteiger partial charge in [0, 0.05) is 13.6 Å². The zero-order valence-electron chi connectivity index (χ0n) is 7.56. The fourth-order valence-corrected chi connectivity index (χ4v) is 1.97. The minimum absolute atomic E-state index is 0.706. The van der Waals surface area contributed by atoms with E-state index >= 15 is 0 Å². The van der Waals surface area contributed by atoms with Crippen LogP contribution in [0.15, 0.2) is 6.20 Å². The van der Waals surface area contributed by atoms with Gasteiger partial charge >= 0.3 is 0 Å². The predicted molar refractivity (Wildman–Crippen MR) is 53.5 cm³/mol. The lowest BCUT2D eigenvalue weighted by atomic mass is 10.4. The van der Waals surface area contributed by atoms with Crippen molar-refractivity contribution in [2.24, 2.45) is 5.92 Å². The predicted octanol–water partition coefficient (Wildman–Crippen LogP) is 1.80. The normalized spacial score (nSPS) is 15.8. The van der Waals surface area contributed by atoms with Gasteiger partial charge in [-0.2, -0.15) is 0 Å². The second-order valence-corrected chi connectivity index (χ2v) is 4.53. The van der Waals surface area contributed by atoms with Crippen molar-refractivity contribution in [2.45, 2.75) is 12.8 Å². The van der Waals surface area contributed by atoms with Crippen molar-refractivity contribution in [3.8, 4) is 0 Å². The molecule has 2 rings (SSSR count). The topological polar surface area (TPSA) is 33.2 Å². The number of thiazole rings is 1. The first-order valence-corrected chi connectivity index (χ1v) is 5.23. The second kappa shape index (κ2) is 3.46. The summed E-state index contributed by atoms with van der Waals surface area (Å²) in [5.74, 6) is 0.855. The zero-order valence-corrected chi connectivity index (χ0v) is 8.38. The van der Waals surface area contributed by atoms with E-state index < -0.39 is 0 Å². The summed E-state index contributed by atoms with van der Waals surface area (Å²) < 4.78 is 0. The standard InChI is InChI=1S/C9H12N2OS/c1-11(5-7-2-3-7)9-10-4-8(6-12)13-9/h4,6-7H,2-3,5H2,1H3. The number of anilines is 1. The molecule has 3 nitrogen and oxygen atoms in total. The van der Waals surface area contributed by atoms with E-state index in [9.17, 15) is 4.79 Å². The average Bonchev–Trinajstić information content (AvgIpc) is 2.82. The van der Waals surface area contributed by atoms with Crippen LogP contribution in [0, 0.1) is 5.92 Å². The van der Waals surface area contributed by atoms with Crippen molar-refractivity contribution in [2.75, 3.05) is 18.5 Å². The molecule has 1 fully saturated rings. The van der Waals surface area contributed by atoms with E-state index in [0.29, 0.717) is 4.88 Å². The number of rotatable bonds is 4. The van der Waals surface area contributed by atoms with Gasteiger partial charge in [-0.1, -0.05) is 11.3 Å². The maximum absolute atomic E-state index is 10.4. The van der Waals surface area contributed by atoms with Crippen LogP contribution in [0.25, 0.3) is 0 Å². The van der Waals surface area contributed by atoms with E-state index in [-0.39, 0.29) is 0 Å². The van der Waals surface area contributed by atoms with E-state index in [2.05, 4.69) is 9.88 Å². The highest BCUT2D eigenvalue weighted by molar-refractivity contribution is 7.17. The monoisotopic (exact) mass is 196 g/mol. The molecule has 13 heavy (non-hydrogen) atoms. The summed E-state index contributed by atoms with van der Waals surface area (Å²) in [6.45, 7) is 1.08. The quantitative estimate of drug-likeness (QED) is 0.688. The van der Waals surface area contributed by atoms with Gasteiger partial charge in [0.25, 0.3) is 0 Å². The molecule has 0 bridgehead atoms. The Morgan fingerprint density at radius 2 is 2.54 bits per heavy atom. The summed E-state index contributed by atoms with van der Waals surface area (Å²) in [7, 11) is 2.03. The number of aldehydes is 1.